The number of hydrogen-bond donors (Lipinski definition) is 2. The molecule has 1 heterocycles. The predicted octanol–water partition coefficient (Wildman–Crippen LogP) is 5.41. The fourth-order valence-corrected chi connectivity index (χ4v) is 6.58. The van der Waals surface area contributed by atoms with Gasteiger partial charge in [-0.05, 0) is 64.9 Å². The molecule has 4 rings (SSSR count). The van der Waals surface area contributed by atoms with Crippen molar-refractivity contribution in [1.29, 1.82) is 5.41 Å². The lowest BCUT2D eigenvalue weighted by Gasteiger charge is -2.28. The molecule has 0 aliphatic heterocycles. The van der Waals surface area contributed by atoms with E-state index in [2.05, 4.69) is 0 Å². The fraction of sp³-hybridized carbons (Fsp3) is 0.148. The summed E-state index contributed by atoms with van der Waals surface area (Å²) < 4.78 is 28.3. The van der Waals surface area contributed by atoms with Gasteiger partial charge in [-0.25, -0.2) is 17.2 Å². The van der Waals surface area contributed by atoms with E-state index in [1.165, 1.54) is 22.3 Å². The number of carbonyl (C=O) groups is 2. The summed E-state index contributed by atoms with van der Waals surface area (Å²) >= 11 is 2.04. The second-order valence-corrected chi connectivity index (χ2v) is 11.8. The molecule has 36 heavy (non-hydrogen) atoms. The number of rotatable bonds is 9. The van der Waals surface area contributed by atoms with Crippen LogP contribution in [0, 0.1) is 14.4 Å². The molecule has 2 N–H and O–H groups in total. The van der Waals surface area contributed by atoms with Crippen molar-refractivity contribution >= 4 is 61.0 Å². The zero-order valence-corrected chi connectivity index (χ0v) is 22.3. The van der Waals surface area contributed by atoms with Gasteiger partial charge in [0.05, 0.1) is 10.4 Å². The van der Waals surface area contributed by atoms with E-state index in [4.69, 9.17) is 5.41 Å². The smallest absolute Gasteiger partial charge is 0.349 e. The molecule has 0 fully saturated rings. The van der Waals surface area contributed by atoms with Crippen molar-refractivity contribution in [3.63, 3.8) is 0 Å². The first kappa shape index (κ1) is 25.8. The maximum absolute atomic E-state index is 13.8. The second kappa shape index (κ2) is 9.98. The third-order valence-corrected chi connectivity index (χ3v) is 8.64. The maximum atomic E-state index is 13.8. The molecule has 0 radical (unpaired) electrons. The predicted molar refractivity (Wildman–Crippen MR) is 146 cm³/mol. The Morgan fingerprint density at radius 1 is 1.00 bits per heavy atom. The molecule has 1 atom stereocenters. The number of carboxylic acid groups (broad SMARTS) is 1. The topological polar surface area (TPSA) is 117 Å². The summed E-state index contributed by atoms with van der Waals surface area (Å²) in [7, 11) is -3.84. The van der Waals surface area contributed by atoms with Gasteiger partial charge in [-0.15, -0.1) is 0 Å². The van der Waals surface area contributed by atoms with E-state index in [0.29, 0.717) is 20.0 Å². The van der Waals surface area contributed by atoms with Gasteiger partial charge in [-0.2, -0.15) is 0 Å². The summed E-state index contributed by atoms with van der Waals surface area (Å²) in [5, 5.41) is 17.8. The lowest BCUT2D eigenvalue weighted by Crippen LogP contribution is -2.35. The third kappa shape index (κ3) is 4.98. The van der Waals surface area contributed by atoms with E-state index in [0.717, 1.165) is 5.56 Å². The molecule has 0 amide bonds. The van der Waals surface area contributed by atoms with E-state index in [1.807, 2.05) is 52.9 Å². The van der Waals surface area contributed by atoms with Crippen molar-refractivity contribution in [2.24, 2.45) is 5.41 Å². The largest absolute Gasteiger partial charge is 0.477 e. The summed E-state index contributed by atoms with van der Waals surface area (Å²) in [6.45, 7) is 1.67. The van der Waals surface area contributed by atoms with Crippen LogP contribution in [-0.4, -0.2) is 35.0 Å². The van der Waals surface area contributed by atoms with Gasteiger partial charge in [-0.3, -0.25) is 10.2 Å². The van der Waals surface area contributed by atoms with Crippen LogP contribution in [0.5, 0.6) is 0 Å². The fourth-order valence-electron chi connectivity index (χ4n) is 4.29. The van der Waals surface area contributed by atoms with Crippen LogP contribution in [0.3, 0.4) is 0 Å². The first-order valence-electron chi connectivity index (χ1n) is 11.0. The van der Waals surface area contributed by atoms with Crippen LogP contribution in [0.1, 0.15) is 29.3 Å². The summed E-state index contributed by atoms with van der Waals surface area (Å²) in [4.78, 5) is 25.4. The minimum absolute atomic E-state index is 0.154. The Hall–Kier alpha value is -3.31. The van der Waals surface area contributed by atoms with Crippen LogP contribution in [0.25, 0.3) is 10.9 Å². The molecule has 0 aliphatic carbocycles. The first-order valence-corrected chi connectivity index (χ1v) is 13.6. The van der Waals surface area contributed by atoms with E-state index < -0.39 is 27.1 Å². The van der Waals surface area contributed by atoms with Crippen molar-refractivity contribution in [1.82, 2.24) is 3.97 Å². The molecule has 0 spiro atoms. The van der Waals surface area contributed by atoms with Gasteiger partial charge < -0.3 is 5.11 Å². The number of aromatic nitrogens is 1. The Kier molecular flexibility index (Phi) is 7.14. The van der Waals surface area contributed by atoms with Gasteiger partial charge in [0.25, 0.3) is 10.0 Å². The Balaban J connectivity index is 1.77. The molecule has 184 valence electrons. The zero-order chi connectivity index (χ0) is 26.1. The van der Waals surface area contributed by atoms with E-state index in [1.54, 1.807) is 43.3 Å². The Morgan fingerprint density at radius 3 is 2.22 bits per heavy atom. The Morgan fingerprint density at radius 2 is 1.61 bits per heavy atom. The molecule has 7 nitrogen and oxygen atoms in total. The number of Topliss-reactive ketones (excluding diaryl/α,β-unsaturated/α-hetero) is 1. The van der Waals surface area contributed by atoms with Crippen molar-refractivity contribution in [2.75, 3.05) is 0 Å². The number of benzene rings is 3. The summed E-state index contributed by atoms with van der Waals surface area (Å²) in [5.41, 5.74) is -0.121. The van der Waals surface area contributed by atoms with Crippen LogP contribution in [0.4, 0.5) is 0 Å². The van der Waals surface area contributed by atoms with Gasteiger partial charge in [0.15, 0.2) is 5.78 Å². The normalized spacial score (nSPS) is 13.3. The number of aliphatic carboxylic acids is 1. The number of carbonyl (C=O) groups excluding carboxylic acids is 1. The van der Waals surface area contributed by atoms with Gasteiger partial charge >= 0.3 is 5.97 Å². The van der Waals surface area contributed by atoms with E-state index >= 15 is 0 Å². The molecule has 9 heteroatoms. The van der Waals surface area contributed by atoms with Gasteiger partial charge in [0.2, 0.25) is 0 Å². The molecular weight excluding hydrogens is 591 g/mol. The maximum Gasteiger partial charge on any atom is 0.349 e. The van der Waals surface area contributed by atoms with Crippen LogP contribution < -0.4 is 0 Å². The van der Waals surface area contributed by atoms with Crippen molar-refractivity contribution in [3.05, 3.63) is 99.8 Å². The van der Waals surface area contributed by atoms with Gasteiger partial charge in [0.1, 0.15) is 5.71 Å². The molecule has 0 aliphatic rings. The van der Waals surface area contributed by atoms with Crippen LogP contribution in [0.2, 0.25) is 0 Å². The Bertz CT molecular complexity index is 1580. The number of ketones is 1. The molecule has 0 saturated carbocycles. The van der Waals surface area contributed by atoms with Crippen LogP contribution >= 0.6 is 22.6 Å². The molecule has 1 aromatic heterocycles. The Labute approximate surface area is 222 Å². The van der Waals surface area contributed by atoms with E-state index in [9.17, 15) is 23.1 Å². The van der Waals surface area contributed by atoms with Crippen LogP contribution in [0.15, 0.2) is 90.0 Å². The van der Waals surface area contributed by atoms with Crippen molar-refractivity contribution in [3.8, 4) is 0 Å². The minimum atomic E-state index is -3.84. The zero-order valence-electron chi connectivity index (χ0n) is 19.3. The average molecular weight is 614 g/mol. The number of nitrogens with zero attached hydrogens (tertiary/aromatic N) is 1. The van der Waals surface area contributed by atoms with Gasteiger partial charge in [-0.1, -0.05) is 55.5 Å². The molecule has 3 aromatic carbocycles. The average Bonchev–Trinajstić information content (AvgIpc) is 3.21. The van der Waals surface area contributed by atoms with Crippen molar-refractivity contribution < 1.29 is 23.1 Å². The standard InChI is InChI=1S/C27H23IN2O5S/c1-27(16-23(29)26(32)33,15-18-8-4-2-5-9-18)25(31)19-12-13-24-21(14-19)22(28)17-30(24)36(34,35)20-10-6-3-7-11-20/h2-14,17,29H,15-16H2,1H3,(H,32,33). The highest BCUT2D eigenvalue weighted by molar-refractivity contribution is 14.1. The summed E-state index contributed by atoms with van der Waals surface area (Å²) in [5.74, 6) is -1.68. The molecular formula is C27H23IN2O5S. The molecule has 0 saturated heterocycles. The van der Waals surface area contributed by atoms with Crippen molar-refractivity contribution in [2.45, 2.75) is 24.7 Å². The second-order valence-electron chi connectivity index (χ2n) is 8.84. The first-order chi connectivity index (χ1) is 17.0. The highest BCUT2D eigenvalue weighted by Crippen LogP contribution is 2.34. The molecule has 1 unspecified atom stereocenters. The highest BCUT2D eigenvalue weighted by atomic mass is 127. The lowest BCUT2D eigenvalue weighted by molar-refractivity contribution is -0.129. The summed E-state index contributed by atoms with van der Waals surface area (Å²) in [6.07, 6.45) is 1.53. The number of hydrogen-bond acceptors (Lipinski definition) is 5. The highest BCUT2D eigenvalue weighted by Gasteiger charge is 2.37. The van der Waals surface area contributed by atoms with Crippen LogP contribution in [-0.2, 0) is 21.2 Å². The SMILES string of the molecule is CC(CC(=N)C(=O)O)(Cc1ccccc1)C(=O)c1ccc2c(c1)c(I)cn2S(=O)(=O)c1ccccc1. The van der Waals surface area contributed by atoms with Gasteiger partial charge in [0, 0.05) is 32.6 Å². The number of nitrogens with one attached hydrogen (secondary N) is 1. The third-order valence-electron chi connectivity index (χ3n) is 6.09. The lowest BCUT2D eigenvalue weighted by atomic mass is 9.73. The molecule has 4 aromatic rings. The number of fused-ring (bicyclic) bond motifs is 1. The van der Waals surface area contributed by atoms with E-state index in [-0.39, 0.29) is 23.5 Å². The quantitative estimate of drug-likeness (QED) is 0.149. The monoisotopic (exact) mass is 614 g/mol. The summed E-state index contributed by atoms with van der Waals surface area (Å²) in [6, 6.07) is 22.2. The number of halogens is 1. The molecule has 0 bridgehead atoms. The minimum Gasteiger partial charge on any atom is -0.477 e. The number of carboxylic acids is 1.